The van der Waals surface area contributed by atoms with Crippen molar-refractivity contribution in [2.45, 2.75) is 19.8 Å². The number of hydrogen-bond donors (Lipinski definition) is 1. The minimum absolute atomic E-state index is 0.00281. The number of nitriles is 1. The zero-order valence-electron chi connectivity index (χ0n) is 13.0. The first kappa shape index (κ1) is 16.1. The van der Waals surface area contributed by atoms with E-state index in [-0.39, 0.29) is 16.5 Å². The number of halogens is 2. The molecule has 2 heterocycles. The van der Waals surface area contributed by atoms with Crippen LogP contribution in [0.15, 0.2) is 18.3 Å². The van der Waals surface area contributed by atoms with Gasteiger partial charge in [-0.15, -0.1) is 0 Å². The van der Waals surface area contributed by atoms with E-state index >= 15 is 0 Å². The van der Waals surface area contributed by atoms with Gasteiger partial charge in [0.25, 0.3) is 0 Å². The van der Waals surface area contributed by atoms with E-state index in [1.165, 1.54) is 6.20 Å². The van der Waals surface area contributed by atoms with Crippen molar-refractivity contribution in [3.05, 3.63) is 35.5 Å². The molecule has 24 heavy (non-hydrogen) atoms. The summed E-state index contributed by atoms with van der Waals surface area (Å²) in [6, 6.07) is 3.91. The number of rotatable bonds is 2. The standard InChI is InChI=1S/C17H15F2N3O2/c1-17(16(23)24)2-4-22(5-3-17)15-10(8-20)9-21-14-12(15)6-11(18)7-13(14)19/h6-7,9H,2-5H2,1H3,(H,23,24). The molecule has 0 unspecified atom stereocenters. The summed E-state index contributed by atoms with van der Waals surface area (Å²) >= 11 is 0. The molecule has 0 bridgehead atoms. The molecule has 7 heteroatoms. The molecule has 0 amide bonds. The van der Waals surface area contributed by atoms with Crippen molar-refractivity contribution in [1.29, 1.82) is 5.26 Å². The Morgan fingerprint density at radius 3 is 2.62 bits per heavy atom. The highest BCUT2D eigenvalue weighted by molar-refractivity contribution is 5.95. The average Bonchev–Trinajstić information content (AvgIpc) is 2.54. The third-order valence-electron chi connectivity index (χ3n) is 4.68. The monoisotopic (exact) mass is 331 g/mol. The zero-order chi connectivity index (χ0) is 17.5. The third-order valence-corrected chi connectivity index (χ3v) is 4.68. The molecule has 124 valence electrons. The molecule has 1 aliphatic rings. The summed E-state index contributed by atoms with van der Waals surface area (Å²) < 4.78 is 27.6. The number of aromatic nitrogens is 1. The van der Waals surface area contributed by atoms with Crippen molar-refractivity contribution in [1.82, 2.24) is 4.98 Å². The van der Waals surface area contributed by atoms with E-state index in [1.807, 2.05) is 11.0 Å². The van der Waals surface area contributed by atoms with Gasteiger partial charge in [-0.25, -0.2) is 8.78 Å². The van der Waals surface area contributed by atoms with Crippen LogP contribution in [0.25, 0.3) is 10.9 Å². The topological polar surface area (TPSA) is 77.2 Å². The minimum Gasteiger partial charge on any atom is -0.481 e. The van der Waals surface area contributed by atoms with Gasteiger partial charge in [0, 0.05) is 30.7 Å². The number of anilines is 1. The number of nitrogens with zero attached hydrogens (tertiary/aromatic N) is 3. The molecule has 5 nitrogen and oxygen atoms in total. The summed E-state index contributed by atoms with van der Waals surface area (Å²) in [5.41, 5.74) is -0.209. The molecule has 0 aliphatic carbocycles. The molecule has 1 N–H and O–H groups in total. The van der Waals surface area contributed by atoms with Crippen molar-refractivity contribution < 1.29 is 18.7 Å². The smallest absolute Gasteiger partial charge is 0.309 e. The highest BCUT2D eigenvalue weighted by Crippen LogP contribution is 2.37. The lowest BCUT2D eigenvalue weighted by Crippen LogP contribution is -2.43. The number of benzene rings is 1. The van der Waals surface area contributed by atoms with E-state index in [0.29, 0.717) is 31.6 Å². The van der Waals surface area contributed by atoms with Gasteiger partial charge in [0.05, 0.1) is 16.7 Å². The van der Waals surface area contributed by atoms with Crippen molar-refractivity contribution >= 4 is 22.6 Å². The highest BCUT2D eigenvalue weighted by Gasteiger charge is 2.37. The summed E-state index contributed by atoms with van der Waals surface area (Å²) in [4.78, 5) is 17.1. The number of carboxylic acids is 1. The van der Waals surface area contributed by atoms with E-state index < -0.39 is 23.0 Å². The predicted octanol–water partition coefficient (Wildman–Crippen LogP) is 3.08. The number of aliphatic carboxylic acids is 1. The van der Waals surface area contributed by atoms with Crippen molar-refractivity contribution in [2.75, 3.05) is 18.0 Å². The van der Waals surface area contributed by atoms with E-state index in [1.54, 1.807) is 6.92 Å². The van der Waals surface area contributed by atoms with Gasteiger partial charge < -0.3 is 10.0 Å². The van der Waals surface area contributed by atoms with Crippen LogP contribution in [0.3, 0.4) is 0 Å². The van der Waals surface area contributed by atoms with Crippen molar-refractivity contribution in [3.63, 3.8) is 0 Å². The van der Waals surface area contributed by atoms with E-state index in [2.05, 4.69) is 4.98 Å². The van der Waals surface area contributed by atoms with E-state index in [4.69, 9.17) is 0 Å². The third kappa shape index (κ3) is 2.54. The van der Waals surface area contributed by atoms with Crippen LogP contribution < -0.4 is 4.90 Å². The maximum atomic E-state index is 14.0. The fraction of sp³-hybridized carbons (Fsp3) is 0.353. The predicted molar refractivity (Wildman–Crippen MR) is 83.6 cm³/mol. The quantitative estimate of drug-likeness (QED) is 0.915. The van der Waals surface area contributed by atoms with Crippen molar-refractivity contribution in [3.8, 4) is 6.07 Å². The second-order valence-corrected chi connectivity index (χ2v) is 6.27. The lowest BCUT2D eigenvalue weighted by atomic mass is 9.80. The molecule has 1 aliphatic heterocycles. The van der Waals surface area contributed by atoms with Gasteiger partial charge in [-0.3, -0.25) is 9.78 Å². The first-order valence-corrected chi connectivity index (χ1v) is 7.52. The summed E-state index contributed by atoms with van der Waals surface area (Å²) in [5.74, 6) is -2.40. The number of pyridine rings is 1. The van der Waals surface area contributed by atoms with Gasteiger partial charge in [-0.05, 0) is 25.8 Å². The summed E-state index contributed by atoms with van der Waals surface area (Å²) in [6.45, 7) is 2.45. The van der Waals surface area contributed by atoms with Gasteiger partial charge in [-0.1, -0.05) is 0 Å². The van der Waals surface area contributed by atoms with E-state index in [9.17, 15) is 23.9 Å². The average molecular weight is 331 g/mol. The Balaban J connectivity index is 2.09. The Morgan fingerprint density at radius 2 is 2.04 bits per heavy atom. The number of fused-ring (bicyclic) bond motifs is 1. The van der Waals surface area contributed by atoms with E-state index in [0.717, 1.165) is 12.1 Å². The van der Waals surface area contributed by atoms with Gasteiger partial charge in [-0.2, -0.15) is 5.26 Å². The molecule has 1 aromatic heterocycles. The first-order chi connectivity index (χ1) is 11.4. The van der Waals surface area contributed by atoms with Gasteiger partial charge in [0.2, 0.25) is 0 Å². The van der Waals surface area contributed by atoms with Crippen LogP contribution in [0.5, 0.6) is 0 Å². The Morgan fingerprint density at radius 1 is 1.38 bits per heavy atom. The lowest BCUT2D eigenvalue weighted by Gasteiger charge is -2.38. The summed E-state index contributed by atoms with van der Waals surface area (Å²) in [7, 11) is 0. The van der Waals surface area contributed by atoms with Crippen LogP contribution in [0.4, 0.5) is 14.5 Å². The zero-order valence-corrected chi connectivity index (χ0v) is 13.0. The SMILES string of the molecule is CC1(C(=O)O)CCN(c2c(C#N)cnc3c(F)cc(F)cc23)CC1. The molecule has 3 rings (SSSR count). The molecule has 0 saturated carbocycles. The fourth-order valence-electron chi connectivity index (χ4n) is 3.07. The Bertz CT molecular complexity index is 868. The molecule has 1 aromatic carbocycles. The van der Waals surface area contributed by atoms with Crippen LogP contribution >= 0.6 is 0 Å². The van der Waals surface area contributed by atoms with Gasteiger partial charge in [0.1, 0.15) is 17.4 Å². The molecule has 2 aromatic rings. The summed E-state index contributed by atoms with van der Waals surface area (Å²) in [5, 5.41) is 18.9. The summed E-state index contributed by atoms with van der Waals surface area (Å²) in [6.07, 6.45) is 2.04. The largest absolute Gasteiger partial charge is 0.481 e. The molecule has 1 fully saturated rings. The highest BCUT2D eigenvalue weighted by atomic mass is 19.1. The Labute approximate surface area is 137 Å². The maximum Gasteiger partial charge on any atom is 0.309 e. The first-order valence-electron chi connectivity index (χ1n) is 7.52. The number of carbonyl (C=O) groups is 1. The van der Waals surface area contributed by atoms with Crippen molar-refractivity contribution in [2.24, 2.45) is 5.41 Å². The molecular formula is C17H15F2N3O2. The van der Waals surface area contributed by atoms with Crippen LogP contribution in [0.1, 0.15) is 25.3 Å². The van der Waals surface area contributed by atoms with Crippen LogP contribution in [-0.4, -0.2) is 29.1 Å². The van der Waals surface area contributed by atoms with Gasteiger partial charge >= 0.3 is 5.97 Å². The number of carboxylic acid groups (broad SMARTS) is 1. The van der Waals surface area contributed by atoms with Crippen LogP contribution in [0.2, 0.25) is 0 Å². The molecule has 0 spiro atoms. The fourth-order valence-corrected chi connectivity index (χ4v) is 3.07. The molecule has 1 saturated heterocycles. The Kier molecular flexibility index (Phi) is 3.84. The number of hydrogen-bond acceptors (Lipinski definition) is 4. The second-order valence-electron chi connectivity index (χ2n) is 6.27. The minimum atomic E-state index is -0.862. The lowest BCUT2D eigenvalue weighted by molar-refractivity contribution is -0.149. The maximum absolute atomic E-state index is 14.0. The molecule has 0 atom stereocenters. The van der Waals surface area contributed by atoms with Crippen LogP contribution in [0, 0.1) is 28.4 Å². The Hall–Kier alpha value is -2.75. The molecular weight excluding hydrogens is 316 g/mol. The normalized spacial score (nSPS) is 16.8. The van der Waals surface area contributed by atoms with Crippen LogP contribution in [-0.2, 0) is 4.79 Å². The number of piperidine rings is 1. The second kappa shape index (κ2) is 5.71. The molecule has 0 radical (unpaired) electrons. The van der Waals surface area contributed by atoms with Gasteiger partial charge in [0.15, 0.2) is 5.82 Å².